The van der Waals surface area contributed by atoms with Gasteiger partial charge in [0.15, 0.2) is 11.6 Å². The first kappa shape index (κ1) is 19.5. The van der Waals surface area contributed by atoms with Gasteiger partial charge < -0.3 is 14.7 Å². The molecule has 1 unspecified atom stereocenters. The van der Waals surface area contributed by atoms with E-state index in [4.69, 9.17) is 16.1 Å². The van der Waals surface area contributed by atoms with Crippen molar-refractivity contribution >= 4 is 29.2 Å². The van der Waals surface area contributed by atoms with Crippen LogP contribution in [0.15, 0.2) is 41.1 Å². The van der Waals surface area contributed by atoms with E-state index in [0.29, 0.717) is 22.7 Å². The molecule has 5 rings (SSSR count). The molecule has 1 aliphatic heterocycles. The minimum absolute atomic E-state index is 0.0165. The van der Waals surface area contributed by atoms with Crippen LogP contribution in [0.3, 0.4) is 0 Å². The fourth-order valence-electron chi connectivity index (χ4n) is 3.84. The van der Waals surface area contributed by atoms with Gasteiger partial charge >= 0.3 is 0 Å². The van der Waals surface area contributed by atoms with Crippen LogP contribution in [0, 0.1) is 13.8 Å². The maximum Gasteiger partial charge on any atom is 0.229 e. The Morgan fingerprint density at radius 2 is 2.10 bits per heavy atom. The van der Waals surface area contributed by atoms with Crippen LogP contribution >= 0.6 is 11.6 Å². The monoisotopic (exact) mass is 436 g/mol. The number of nitrogens with zero attached hydrogens (tertiary/aromatic N) is 6. The highest BCUT2D eigenvalue weighted by Gasteiger charge is 2.32. The van der Waals surface area contributed by atoms with E-state index in [2.05, 4.69) is 40.5 Å². The van der Waals surface area contributed by atoms with Crippen molar-refractivity contribution in [3.63, 3.8) is 0 Å². The highest BCUT2D eigenvalue weighted by Crippen LogP contribution is 2.37. The first-order valence-electron chi connectivity index (χ1n) is 10.1. The average molecular weight is 437 g/mol. The highest BCUT2D eigenvalue weighted by molar-refractivity contribution is 6.29. The summed E-state index contributed by atoms with van der Waals surface area (Å²) in [6.45, 7) is 4.69. The van der Waals surface area contributed by atoms with Crippen molar-refractivity contribution in [2.75, 3.05) is 16.8 Å². The van der Waals surface area contributed by atoms with Gasteiger partial charge in [0, 0.05) is 47.9 Å². The number of hydrogen-bond donors (Lipinski definition) is 2. The third-order valence-electron chi connectivity index (χ3n) is 5.29. The van der Waals surface area contributed by atoms with Crippen LogP contribution in [0.2, 0.25) is 5.15 Å². The zero-order chi connectivity index (χ0) is 21.4. The molecule has 4 aromatic heterocycles. The molecule has 2 N–H and O–H groups in total. The Balaban J connectivity index is 1.42. The predicted octanol–water partition coefficient (Wildman–Crippen LogP) is 4.61. The maximum absolute atomic E-state index is 6.31. The van der Waals surface area contributed by atoms with Crippen LogP contribution in [0.25, 0.3) is 11.3 Å². The van der Waals surface area contributed by atoms with E-state index < -0.39 is 0 Å². The zero-order valence-electron chi connectivity index (χ0n) is 17.1. The molecule has 0 aromatic carbocycles. The molecule has 1 saturated heterocycles. The maximum atomic E-state index is 6.31. The standard InChI is InChI=1S/C21H21ClN8O/c1-12-9-20(28-27-12)25-19-11-18(22)24-21(26-19)30-8-4-6-16(30)17-10-15(29-31-17)14-5-3-7-23-13(14)2/h3,5,7,9-11,16H,4,6,8H2,1-2H3,(H2,24,25,26,27,28). The van der Waals surface area contributed by atoms with Crippen LogP contribution < -0.4 is 10.2 Å². The molecular weight excluding hydrogens is 416 g/mol. The molecule has 158 valence electrons. The van der Waals surface area contributed by atoms with Gasteiger partial charge in [-0.3, -0.25) is 10.1 Å². The molecule has 1 atom stereocenters. The van der Waals surface area contributed by atoms with Gasteiger partial charge in [-0.1, -0.05) is 16.8 Å². The summed E-state index contributed by atoms with van der Waals surface area (Å²) in [7, 11) is 0. The second-order valence-corrected chi connectivity index (χ2v) is 7.93. The summed E-state index contributed by atoms with van der Waals surface area (Å²) in [6, 6.07) is 9.42. The molecule has 5 heterocycles. The summed E-state index contributed by atoms with van der Waals surface area (Å²) < 4.78 is 5.73. The number of anilines is 3. The smallest absolute Gasteiger partial charge is 0.229 e. The van der Waals surface area contributed by atoms with Crippen LogP contribution in [-0.2, 0) is 0 Å². The Labute approximate surface area is 183 Å². The number of halogens is 1. The summed E-state index contributed by atoms with van der Waals surface area (Å²) in [5, 5.41) is 14.9. The van der Waals surface area contributed by atoms with Gasteiger partial charge in [0.1, 0.15) is 16.7 Å². The average Bonchev–Trinajstić information content (AvgIpc) is 3.48. The van der Waals surface area contributed by atoms with Crippen molar-refractivity contribution < 1.29 is 4.52 Å². The summed E-state index contributed by atoms with van der Waals surface area (Å²) in [4.78, 5) is 15.6. The number of aromatic nitrogens is 6. The quantitative estimate of drug-likeness (QED) is 0.437. The molecule has 10 heteroatoms. The fraction of sp³-hybridized carbons (Fsp3) is 0.286. The van der Waals surface area contributed by atoms with Crippen LogP contribution in [-0.4, -0.2) is 36.9 Å². The van der Waals surface area contributed by atoms with Crippen molar-refractivity contribution in [3.8, 4) is 11.3 Å². The molecule has 0 amide bonds. The number of hydrogen-bond acceptors (Lipinski definition) is 8. The Morgan fingerprint density at radius 1 is 1.19 bits per heavy atom. The Morgan fingerprint density at radius 3 is 2.90 bits per heavy atom. The van der Waals surface area contributed by atoms with Crippen molar-refractivity contribution in [2.45, 2.75) is 32.7 Å². The molecule has 0 saturated carbocycles. The lowest BCUT2D eigenvalue weighted by Gasteiger charge is -2.23. The topological polar surface area (TPSA) is 109 Å². The van der Waals surface area contributed by atoms with Crippen LogP contribution in [0.1, 0.15) is 36.0 Å². The Hall–Kier alpha value is -3.46. The minimum atomic E-state index is -0.0165. The summed E-state index contributed by atoms with van der Waals surface area (Å²) >= 11 is 6.31. The van der Waals surface area contributed by atoms with E-state index in [1.54, 1.807) is 12.3 Å². The molecular formula is C21H21ClN8O. The molecule has 0 bridgehead atoms. The lowest BCUT2D eigenvalue weighted by atomic mass is 10.1. The number of nitrogens with one attached hydrogen (secondary N) is 2. The van der Waals surface area contributed by atoms with E-state index in [0.717, 1.165) is 47.8 Å². The molecule has 0 spiro atoms. The predicted molar refractivity (Wildman–Crippen MR) is 117 cm³/mol. The van der Waals surface area contributed by atoms with Crippen molar-refractivity contribution in [1.29, 1.82) is 0 Å². The fourth-order valence-corrected chi connectivity index (χ4v) is 4.02. The molecule has 0 radical (unpaired) electrons. The second kappa shape index (κ2) is 7.99. The van der Waals surface area contributed by atoms with E-state index in [1.807, 2.05) is 38.1 Å². The van der Waals surface area contributed by atoms with Gasteiger partial charge in [0.25, 0.3) is 0 Å². The number of aromatic amines is 1. The van der Waals surface area contributed by atoms with Gasteiger partial charge in [-0.2, -0.15) is 10.1 Å². The normalized spacial score (nSPS) is 16.1. The van der Waals surface area contributed by atoms with Gasteiger partial charge in [-0.25, -0.2) is 4.98 Å². The molecule has 31 heavy (non-hydrogen) atoms. The van der Waals surface area contributed by atoms with Crippen molar-refractivity contribution in [3.05, 3.63) is 58.8 Å². The number of pyridine rings is 1. The third-order valence-corrected chi connectivity index (χ3v) is 5.49. The molecule has 1 aliphatic rings. The number of H-pyrrole nitrogens is 1. The summed E-state index contributed by atoms with van der Waals surface area (Å²) in [5.41, 5.74) is 3.60. The van der Waals surface area contributed by atoms with E-state index in [9.17, 15) is 0 Å². The molecule has 9 nitrogen and oxygen atoms in total. The largest absolute Gasteiger partial charge is 0.359 e. The van der Waals surface area contributed by atoms with Crippen LogP contribution in [0.5, 0.6) is 0 Å². The van der Waals surface area contributed by atoms with Crippen molar-refractivity contribution in [2.24, 2.45) is 0 Å². The summed E-state index contributed by atoms with van der Waals surface area (Å²) in [6.07, 6.45) is 3.67. The lowest BCUT2D eigenvalue weighted by Crippen LogP contribution is -2.24. The van der Waals surface area contributed by atoms with Gasteiger partial charge in [-0.15, -0.1) is 0 Å². The second-order valence-electron chi connectivity index (χ2n) is 7.54. The first-order valence-corrected chi connectivity index (χ1v) is 10.4. The zero-order valence-corrected chi connectivity index (χ0v) is 17.9. The minimum Gasteiger partial charge on any atom is -0.359 e. The van der Waals surface area contributed by atoms with Gasteiger partial charge in [-0.05, 0) is 38.8 Å². The molecule has 4 aromatic rings. The van der Waals surface area contributed by atoms with E-state index in [-0.39, 0.29) is 6.04 Å². The Bertz CT molecular complexity index is 1220. The van der Waals surface area contributed by atoms with E-state index in [1.165, 1.54) is 0 Å². The SMILES string of the molecule is Cc1cc(Nc2cc(Cl)nc(N3CCCC3c3cc(-c4cccnc4C)no3)n2)n[nH]1. The summed E-state index contributed by atoms with van der Waals surface area (Å²) in [5.74, 6) is 2.57. The van der Waals surface area contributed by atoms with Gasteiger partial charge in [0.05, 0.1) is 6.04 Å². The highest BCUT2D eigenvalue weighted by atomic mass is 35.5. The van der Waals surface area contributed by atoms with Crippen molar-refractivity contribution in [1.82, 2.24) is 30.3 Å². The molecule has 1 fully saturated rings. The Kier molecular flexibility index (Phi) is 5.03. The first-order chi connectivity index (χ1) is 15.1. The van der Waals surface area contributed by atoms with Gasteiger partial charge in [0.2, 0.25) is 5.95 Å². The van der Waals surface area contributed by atoms with Crippen LogP contribution in [0.4, 0.5) is 17.6 Å². The number of rotatable bonds is 5. The molecule has 0 aliphatic carbocycles. The van der Waals surface area contributed by atoms with E-state index >= 15 is 0 Å². The third kappa shape index (κ3) is 3.96. The lowest BCUT2D eigenvalue weighted by molar-refractivity contribution is 0.362. The number of aryl methyl sites for hydroxylation is 2.